The number of nitrogens with zero attached hydrogens (tertiary/aromatic N) is 2. The quantitative estimate of drug-likeness (QED) is 0.729. The third kappa shape index (κ3) is 7.19. The molecular weight excluding hydrogens is 399 g/mol. The van der Waals surface area contributed by atoms with Crippen molar-refractivity contribution in [3.63, 3.8) is 0 Å². The van der Waals surface area contributed by atoms with Gasteiger partial charge in [0.2, 0.25) is 11.8 Å². The van der Waals surface area contributed by atoms with E-state index in [0.29, 0.717) is 24.7 Å². The van der Waals surface area contributed by atoms with Gasteiger partial charge in [-0.3, -0.25) is 9.59 Å². The maximum absolute atomic E-state index is 12.2. The van der Waals surface area contributed by atoms with Gasteiger partial charge in [-0.25, -0.2) is 0 Å². The molecule has 1 aromatic rings. The summed E-state index contributed by atoms with van der Waals surface area (Å²) in [5.41, 5.74) is 1.07. The highest BCUT2D eigenvalue weighted by atomic mass is 35.5. The Labute approximate surface area is 172 Å². The highest BCUT2D eigenvalue weighted by molar-refractivity contribution is 6.30. The molecule has 26 heavy (non-hydrogen) atoms. The number of rotatable bonds is 6. The lowest BCUT2D eigenvalue weighted by molar-refractivity contribution is -0.133. The second-order valence-corrected chi connectivity index (χ2v) is 6.46. The largest absolute Gasteiger partial charge is 0.368 e. The van der Waals surface area contributed by atoms with Crippen LogP contribution >= 0.6 is 36.4 Å². The Morgan fingerprint density at radius 3 is 2.42 bits per heavy atom. The molecule has 1 unspecified atom stereocenters. The normalized spacial score (nSPS) is 14.7. The number of nitrogens with one attached hydrogen (secondary N) is 2. The van der Waals surface area contributed by atoms with E-state index in [1.807, 2.05) is 31.2 Å². The van der Waals surface area contributed by atoms with E-state index < -0.39 is 0 Å². The molecule has 0 aromatic heterocycles. The Balaban J connectivity index is 0.00000312. The highest BCUT2D eigenvalue weighted by Crippen LogP contribution is 2.20. The van der Waals surface area contributed by atoms with Crippen molar-refractivity contribution in [1.29, 1.82) is 0 Å². The van der Waals surface area contributed by atoms with Gasteiger partial charge in [-0.05, 0) is 25.2 Å². The first-order valence-electron chi connectivity index (χ1n) is 8.22. The summed E-state index contributed by atoms with van der Waals surface area (Å²) in [6.45, 7) is 5.30. The van der Waals surface area contributed by atoms with Crippen molar-refractivity contribution in [2.45, 2.75) is 6.92 Å². The van der Waals surface area contributed by atoms with Gasteiger partial charge in [0.05, 0.1) is 6.54 Å². The van der Waals surface area contributed by atoms with Gasteiger partial charge in [0.15, 0.2) is 0 Å². The third-order valence-electron chi connectivity index (χ3n) is 4.18. The number of carbonyl (C=O) groups excluding carboxylic acids is 2. The van der Waals surface area contributed by atoms with Crippen LogP contribution in [-0.4, -0.2) is 63.0 Å². The molecule has 6 nitrogen and oxygen atoms in total. The van der Waals surface area contributed by atoms with Crippen molar-refractivity contribution in [3.8, 4) is 0 Å². The first kappa shape index (κ1) is 24.8. The Morgan fingerprint density at radius 2 is 1.85 bits per heavy atom. The predicted molar refractivity (Wildman–Crippen MR) is 111 cm³/mol. The molecule has 1 fully saturated rings. The topological polar surface area (TPSA) is 64.7 Å². The Kier molecular flexibility index (Phi) is 11.7. The van der Waals surface area contributed by atoms with Crippen LogP contribution in [0.4, 0.5) is 5.69 Å². The first-order chi connectivity index (χ1) is 11.5. The Hall–Kier alpha value is -1.21. The van der Waals surface area contributed by atoms with Crippen LogP contribution in [0.3, 0.4) is 0 Å². The van der Waals surface area contributed by atoms with E-state index in [0.717, 1.165) is 18.8 Å². The van der Waals surface area contributed by atoms with E-state index >= 15 is 0 Å². The standard InChI is InChI=1S/C17H25ClN4O2.2ClH/c1-13(11-19-2)17(24)20-12-16(23)22-8-6-21(7-9-22)15-5-3-4-14(18)10-15;;/h3-5,10,13,19H,6-9,11-12H2,1-2H3,(H,20,24);2*1H. The van der Waals surface area contributed by atoms with Crippen LogP contribution in [0.1, 0.15) is 6.92 Å². The molecular formula is C17H27Cl3N4O2. The summed E-state index contributed by atoms with van der Waals surface area (Å²) in [5.74, 6) is -0.288. The molecule has 0 aliphatic carbocycles. The van der Waals surface area contributed by atoms with E-state index in [2.05, 4.69) is 15.5 Å². The summed E-state index contributed by atoms with van der Waals surface area (Å²) in [6.07, 6.45) is 0. The summed E-state index contributed by atoms with van der Waals surface area (Å²) >= 11 is 6.03. The van der Waals surface area contributed by atoms with Crippen molar-refractivity contribution in [2.24, 2.45) is 5.92 Å². The summed E-state index contributed by atoms with van der Waals surface area (Å²) in [7, 11) is 1.80. The smallest absolute Gasteiger partial charge is 0.242 e. The lowest BCUT2D eigenvalue weighted by Gasteiger charge is -2.36. The van der Waals surface area contributed by atoms with Gasteiger partial charge in [0.25, 0.3) is 0 Å². The Bertz CT molecular complexity index is 581. The van der Waals surface area contributed by atoms with Crippen molar-refractivity contribution in [1.82, 2.24) is 15.5 Å². The first-order valence-corrected chi connectivity index (χ1v) is 8.59. The maximum atomic E-state index is 12.2. The lowest BCUT2D eigenvalue weighted by Crippen LogP contribution is -2.51. The molecule has 2 rings (SSSR count). The van der Waals surface area contributed by atoms with Gasteiger partial charge in [-0.1, -0.05) is 24.6 Å². The molecule has 148 valence electrons. The summed E-state index contributed by atoms with van der Waals surface area (Å²) < 4.78 is 0. The van der Waals surface area contributed by atoms with Crippen LogP contribution in [0.5, 0.6) is 0 Å². The number of carbonyl (C=O) groups is 2. The zero-order chi connectivity index (χ0) is 17.5. The maximum Gasteiger partial charge on any atom is 0.242 e. The molecule has 0 radical (unpaired) electrons. The molecule has 1 saturated heterocycles. The zero-order valence-corrected chi connectivity index (χ0v) is 17.4. The molecule has 1 heterocycles. The van der Waals surface area contributed by atoms with Crippen LogP contribution in [-0.2, 0) is 9.59 Å². The molecule has 2 amide bonds. The monoisotopic (exact) mass is 424 g/mol. The number of amides is 2. The SMILES string of the molecule is CNCC(C)C(=O)NCC(=O)N1CCN(c2cccc(Cl)c2)CC1.Cl.Cl. The Morgan fingerprint density at radius 1 is 1.19 bits per heavy atom. The van der Waals surface area contributed by atoms with Gasteiger partial charge in [-0.2, -0.15) is 0 Å². The highest BCUT2D eigenvalue weighted by Gasteiger charge is 2.22. The van der Waals surface area contributed by atoms with Gasteiger partial charge in [-0.15, -0.1) is 24.8 Å². The summed E-state index contributed by atoms with van der Waals surface area (Å²) in [6, 6.07) is 7.73. The van der Waals surface area contributed by atoms with E-state index in [1.54, 1.807) is 11.9 Å². The van der Waals surface area contributed by atoms with Crippen LogP contribution < -0.4 is 15.5 Å². The second-order valence-electron chi connectivity index (χ2n) is 6.02. The average molecular weight is 426 g/mol. The lowest BCUT2D eigenvalue weighted by atomic mass is 10.1. The molecule has 9 heteroatoms. The predicted octanol–water partition coefficient (Wildman–Crippen LogP) is 1.80. The molecule has 1 aliphatic rings. The molecule has 1 atom stereocenters. The number of hydrogen-bond donors (Lipinski definition) is 2. The molecule has 2 N–H and O–H groups in total. The number of benzene rings is 1. The van der Waals surface area contributed by atoms with Crippen LogP contribution in [0, 0.1) is 5.92 Å². The van der Waals surface area contributed by atoms with Crippen molar-refractivity contribution in [3.05, 3.63) is 29.3 Å². The fraction of sp³-hybridized carbons (Fsp3) is 0.529. The number of halogens is 3. The fourth-order valence-corrected chi connectivity index (χ4v) is 2.92. The van der Waals surface area contributed by atoms with Gasteiger partial charge >= 0.3 is 0 Å². The molecule has 0 spiro atoms. The van der Waals surface area contributed by atoms with Crippen LogP contribution in [0.25, 0.3) is 0 Å². The second kappa shape index (κ2) is 12.2. The molecule has 0 bridgehead atoms. The van der Waals surface area contributed by atoms with Gasteiger partial charge in [0.1, 0.15) is 0 Å². The summed E-state index contributed by atoms with van der Waals surface area (Å²) in [4.78, 5) is 28.1. The molecule has 0 saturated carbocycles. The molecule has 1 aliphatic heterocycles. The van der Waals surface area contributed by atoms with Crippen LogP contribution in [0.2, 0.25) is 5.02 Å². The number of piperazine rings is 1. The van der Waals surface area contributed by atoms with Gasteiger partial charge < -0.3 is 20.4 Å². The number of hydrogen-bond acceptors (Lipinski definition) is 4. The van der Waals surface area contributed by atoms with E-state index in [-0.39, 0.29) is 49.1 Å². The van der Waals surface area contributed by atoms with Crippen LogP contribution in [0.15, 0.2) is 24.3 Å². The van der Waals surface area contributed by atoms with Gasteiger partial charge in [0, 0.05) is 49.4 Å². The van der Waals surface area contributed by atoms with Crippen molar-refractivity contribution >= 4 is 53.9 Å². The summed E-state index contributed by atoms with van der Waals surface area (Å²) in [5, 5.41) is 6.38. The van der Waals surface area contributed by atoms with E-state index in [9.17, 15) is 9.59 Å². The third-order valence-corrected chi connectivity index (χ3v) is 4.41. The van der Waals surface area contributed by atoms with Crippen molar-refractivity contribution in [2.75, 3.05) is 51.2 Å². The minimum Gasteiger partial charge on any atom is -0.368 e. The minimum absolute atomic E-state index is 0. The minimum atomic E-state index is -0.150. The van der Waals surface area contributed by atoms with E-state index in [1.165, 1.54) is 0 Å². The zero-order valence-electron chi connectivity index (χ0n) is 15.0. The average Bonchev–Trinajstić information content (AvgIpc) is 2.59. The van der Waals surface area contributed by atoms with E-state index in [4.69, 9.17) is 11.6 Å². The molecule has 1 aromatic carbocycles. The number of anilines is 1. The fourth-order valence-electron chi connectivity index (χ4n) is 2.73. The van der Waals surface area contributed by atoms with Crippen molar-refractivity contribution < 1.29 is 9.59 Å².